The van der Waals surface area contributed by atoms with Gasteiger partial charge in [-0.3, -0.25) is 9.78 Å². The molecule has 2 heterocycles. The van der Waals surface area contributed by atoms with E-state index in [1.807, 2.05) is 4.98 Å². The highest BCUT2D eigenvalue weighted by Crippen LogP contribution is 2.31. The Bertz CT molecular complexity index is 510. The molecule has 1 aliphatic rings. The lowest BCUT2D eigenvalue weighted by atomic mass is 10.0. The van der Waals surface area contributed by atoms with Gasteiger partial charge in [-0.25, -0.2) is 4.79 Å². The van der Waals surface area contributed by atoms with E-state index >= 15 is 0 Å². The fraction of sp³-hybridized carbons (Fsp3) is 0.625. The maximum atomic E-state index is 11.4. The normalized spacial score (nSPS) is 32.9. The topological polar surface area (TPSA) is 138 Å². The number of aliphatic hydroxyl groups excluding tert-OH is 3. The largest absolute Gasteiger partial charge is 0.396 e. The Kier molecular flexibility index (Phi) is 3.07. The third kappa shape index (κ3) is 2.00. The number of hydrogen-bond acceptors (Lipinski definition) is 7. The lowest BCUT2D eigenvalue weighted by molar-refractivity contribution is -0.145. The van der Waals surface area contributed by atoms with Crippen molar-refractivity contribution in [1.82, 2.24) is 14.8 Å². The first-order valence-electron chi connectivity index (χ1n) is 4.85. The highest BCUT2D eigenvalue weighted by Gasteiger charge is 2.44. The molecule has 4 atom stereocenters. The molecule has 1 fully saturated rings. The molecule has 1 aromatic heterocycles. The van der Waals surface area contributed by atoms with E-state index in [0.717, 1.165) is 10.9 Å². The Balaban J connectivity index is 2.40. The van der Waals surface area contributed by atoms with Gasteiger partial charge in [0.1, 0.15) is 12.3 Å². The average Bonchev–Trinajstić information content (AvgIpc) is 2.55. The molecule has 9 nitrogen and oxygen atoms in total. The summed E-state index contributed by atoms with van der Waals surface area (Å²) in [6, 6.07) is 0. The van der Waals surface area contributed by atoms with Gasteiger partial charge in [-0.05, 0) is 0 Å². The van der Waals surface area contributed by atoms with Gasteiger partial charge in [0.05, 0.1) is 12.5 Å². The molecule has 0 aromatic carbocycles. The summed E-state index contributed by atoms with van der Waals surface area (Å²) in [5, 5.41) is 31.4. The Morgan fingerprint density at radius 2 is 2.18 bits per heavy atom. The van der Waals surface area contributed by atoms with Crippen molar-refractivity contribution in [3.8, 4) is 0 Å². The Morgan fingerprint density at radius 3 is 2.76 bits per heavy atom. The first-order chi connectivity index (χ1) is 8.04. The molecule has 0 saturated carbocycles. The van der Waals surface area contributed by atoms with Crippen LogP contribution >= 0.6 is 0 Å². The minimum Gasteiger partial charge on any atom is -0.396 e. The molecule has 0 bridgehead atoms. The first-order valence-corrected chi connectivity index (χ1v) is 4.85. The number of ether oxygens (including phenoxy) is 1. The summed E-state index contributed by atoms with van der Waals surface area (Å²) in [6.45, 7) is -0.504. The molecule has 9 heteroatoms. The fourth-order valence-corrected chi connectivity index (χ4v) is 1.68. The molecule has 1 saturated heterocycles. The van der Waals surface area contributed by atoms with E-state index < -0.39 is 42.4 Å². The molecule has 17 heavy (non-hydrogen) atoms. The summed E-state index contributed by atoms with van der Waals surface area (Å²) in [6.07, 6.45) is -3.12. The first kappa shape index (κ1) is 11.9. The van der Waals surface area contributed by atoms with E-state index in [4.69, 9.17) is 9.84 Å². The van der Waals surface area contributed by atoms with Crippen molar-refractivity contribution in [1.29, 1.82) is 0 Å². The van der Waals surface area contributed by atoms with Crippen molar-refractivity contribution in [2.75, 3.05) is 6.61 Å². The SMILES string of the molecule is O=c1cnn(C2OC(O)C(O)C2CO)c(=O)[nH]1. The van der Waals surface area contributed by atoms with Crippen LogP contribution in [0.25, 0.3) is 0 Å². The van der Waals surface area contributed by atoms with Gasteiger partial charge in [-0.1, -0.05) is 0 Å². The van der Waals surface area contributed by atoms with Gasteiger partial charge < -0.3 is 20.1 Å². The predicted molar refractivity (Wildman–Crippen MR) is 51.8 cm³/mol. The van der Waals surface area contributed by atoms with Gasteiger partial charge in [0.15, 0.2) is 12.5 Å². The summed E-state index contributed by atoms with van der Waals surface area (Å²) in [4.78, 5) is 24.2. The molecule has 94 valence electrons. The third-order valence-corrected chi connectivity index (χ3v) is 2.57. The standard InChI is InChI=1S/C8H11N3O6/c12-2-3-5(14)7(15)17-6(3)11-8(16)10-4(13)1-9-11/h1,3,5-7,12,14-15H,2H2,(H,10,13,16). The number of aromatic amines is 1. The molecule has 1 aromatic rings. The number of H-pyrrole nitrogens is 1. The Morgan fingerprint density at radius 1 is 1.47 bits per heavy atom. The zero-order valence-electron chi connectivity index (χ0n) is 8.55. The Labute approximate surface area is 93.9 Å². The van der Waals surface area contributed by atoms with Crippen LogP contribution in [-0.4, -0.2) is 49.1 Å². The minimum absolute atomic E-state index is 0.504. The van der Waals surface area contributed by atoms with Crippen molar-refractivity contribution < 1.29 is 20.1 Å². The second-order valence-corrected chi connectivity index (χ2v) is 3.64. The fourth-order valence-electron chi connectivity index (χ4n) is 1.68. The molecular formula is C8H11N3O6. The maximum Gasteiger partial charge on any atom is 0.347 e. The smallest absolute Gasteiger partial charge is 0.347 e. The monoisotopic (exact) mass is 245 g/mol. The number of aromatic nitrogens is 3. The lowest BCUT2D eigenvalue weighted by Crippen LogP contribution is -2.38. The van der Waals surface area contributed by atoms with Crippen molar-refractivity contribution in [2.24, 2.45) is 5.92 Å². The molecular weight excluding hydrogens is 234 g/mol. The number of rotatable bonds is 2. The van der Waals surface area contributed by atoms with Crippen LogP contribution < -0.4 is 11.2 Å². The van der Waals surface area contributed by atoms with E-state index in [2.05, 4.69) is 5.10 Å². The number of nitrogens with zero attached hydrogens (tertiary/aromatic N) is 2. The molecule has 0 radical (unpaired) electrons. The average molecular weight is 245 g/mol. The van der Waals surface area contributed by atoms with Gasteiger partial charge in [-0.15, -0.1) is 0 Å². The molecule has 1 aliphatic heterocycles. The second-order valence-electron chi connectivity index (χ2n) is 3.64. The summed E-state index contributed by atoms with van der Waals surface area (Å²) in [5.74, 6) is -0.902. The molecule has 0 spiro atoms. The summed E-state index contributed by atoms with van der Waals surface area (Å²) >= 11 is 0. The van der Waals surface area contributed by atoms with Gasteiger partial charge in [0, 0.05) is 0 Å². The highest BCUT2D eigenvalue weighted by molar-refractivity contribution is 4.84. The highest BCUT2D eigenvalue weighted by atomic mass is 16.6. The van der Waals surface area contributed by atoms with E-state index in [9.17, 15) is 19.8 Å². The van der Waals surface area contributed by atoms with Gasteiger partial charge >= 0.3 is 5.69 Å². The summed E-state index contributed by atoms with van der Waals surface area (Å²) in [5.41, 5.74) is -1.52. The van der Waals surface area contributed by atoms with Crippen molar-refractivity contribution in [3.63, 3.8) is 0 Å². The van der Waals surface area contributed by atoms with Crippen LogP contribution in [0.5, 0.6) is 0 Å². The molecule has 2 rings (SSSR count). The second kappa shape index (κ2) is 4.37. The molecule has 4 N–H and O–H groups in total. The summed E-state index contributed by atoms with van der Waals surface area (Å²) < 4.78 is 5.66. The van der Waals surface area contributed by atoms with E-state index in [-0.39, 0.29) is 0 Å². The number of hydrogen-bond donors (Lipinski definition) is 4. The van der Waals surface area contributed by atoms with E-state index in [0.29, 0.717) is 0 Å². The molecule has 0 aliphatic carbocycles. The van der Waals surface area contributed by atoms with Crippen molar-refractivity contribution in [3.05, 3.63) is 27.0 Å². The maximum absolute atomic E-state index is 11.4. The van der Waals surface area contributed by atoms with Crippen LogP contribution in [0.3, 0.4) is 0 Å². The quantitative estimate of drug-likeness (QED) is 0.429. The molecule has 4 unspecified atom stereocenters. The van der Waals surface area contributed by atoms with Crippen LogP contribution in [0.4, 0.5) is 0 Å². The Hall–Kier alpha value is -1.55. The van der Waals surface area contributed by atoms with Crippen LogP contribution in [0.15, 0.2) is 15.8 Å². The lowest BCUT2D eigenvalue weighted by Gasteiger charge is -2.17. The van der Waals surface area contributed by atoms with Gasteiger partial charge in [0.2, 0.25) is 0 Å². The zero-order valence-corrected chi connectivity index (χ0v) is 8.55. The van der Waals surface area contributed by atoms with Crippen LogP contribution in [-0.2, 0) is 4.74 Å². The third-order valence-electron chi connectivity index (χ3n) is 2.57. The predicted octanol–water partition coefficient (Wildman–Crippen LogP) is -3.25. The number of aliphatic hydroxyl groups is 3. The molecule has 0 amide bonds. The number of nitrogens with one attached hydrogen (secondary N) is 1. The minimum atomic E-state index is -1.52. The van der Waals surface area contributed by atoms with Gasteiger partial charge in [0.25, 0.3) is 5.56 Å². The van der Waals surface area contributed by atoms with Crippen molar-refractivity contribution in [2.45, 2.75) is 18.6 Å². The van der Waals surface area contributed by atoms with Crippen molar-refractivity contribution >= 4 is 0 Å². The summed E-state index contributed by atoms with van der Waals surface area (Å²) in [7, 11) is 0. The zero-order chi connectivity index (χ0) is 12.6. The van der Waals surface area contributed by atoms with E-state index in [1.54, 1.807) is 0 Å². The van der Waals surface area contributed by atoms with Crippen LogP contribution in [0.1, 0.15) is 6.23 Å². The van der Waals surface area contributed by atoms with E-state index in [1.165, 1.54) is 0 Å². The van der Waals surface area contributed by atoms with Crippen LogP contribution in [0, 0.1) is 5.92 Å². The van der Waals surface area contributed by atoms with Gasteiger partial charge in [-0.2, -0.15) is 9.78 Å². The van der Waals surface area contributed by atoms with Crippen LogP contribution in [0.2, 0.25) is 0 Å².